The van der Waals surface area contributed by atoms with Crippen molar-refractivity contribution >= 4 is 56.7 Å². The molecule has 8 nitrogen and oxygen atoms in total. The molecule has 0 atom stereocenters. The second-order valence-electron chi connectivity index (χ2n) is 34.9. The highest BCUT2D eigenvalue weighted by Crippen LogP contribution is 2.38. The standard InChI is InChI=1S/C24H25S.2C19H17S.2C11H22N2.C11H11NO.C10H14S.C9H13NO/c1-4-10-20(11-5-1)21-16-18-24(19-17-21)25(22-12-6-2-7-13-22)23-14-8-3-9-15-23;2*1-16-12-14-19(15-13-16)20(17-8-4-2-5-9-17)18-10-6-3-7-11-18;2*1-12-9-5-11(6-10-12)13-7-3-2-4-8-13;1-13-10-6-4-9(5-7-10)11-3-2-8-12-11;1-10(2,3)8-4-6-9(11)7-5-8;1-10(2)8-4-6-9(11-3)7-5-8/h2-3,6-9,12-20H,1,4-5,10-11H2;2*2-15H,1H3;2*11H,2-10H2,1H3;2,4-8H,3H2,1H3;4-7,11H,1-3H3;4-7H,1-3H3/q3*+1;;;;;/p+1. The molecule has 5 fully saturated rings. The van der Waals surface area contributed by atoms with Crippen molar-refractivity contribution in [2.45, 2.75) is 210 Å². The van der Waals surface area contributed by atoms with E-state index in [-0.39, 0.29) is 38.1 Å². The van der Waals surface area contributed by atoms with Crippen molar-refractivity contribution in [1.29, 1.82) is 0 Å². The van der Waals surface area contributed by atoms with E-state index in [9.17, 15) is 0 Å². The van der Waals surface area contributed by atoms with Crippen molar-refractivity contribution in [2.75, 3.05) is 99.7 Å². The Balaban J connectivity index is 0.000000142. The maximum Gasteiger partial charge on any atom is 0.166 e. The molecule has 12 heteroatoms. The molecule has 660 valence electrons. The molecule has 0 spiro atoms. The number of hydrogen-bond acceptors (Lipinski definition) is 8. The Morgan fingerprint density at radius 1 is 0.349 bits per heavy atom. The summed E-state index contributed by atoms with van der Waals surface area (Å²) in [6, 6.07) is 118. The molecule has 0 N–H and O–H groups in total. The lowest BCUT2D eigenvalue weighted by Crippen LogP contribution is -2.45. The summed E-state index contributed by atoms with van der Waals surface area (Å²) in [6.07, 6.45) is 26.0. The van der Waals surface area contributed by atoms with Gasteiger partial charge in [0.05, 0.1) is 52.6 Å². The fourth-order valence-corrected chi connectivity index (χ4v) is 23.1. The van der Waals surface area contributed by atoms with Crippen LogP contribution in [-0.2, 0) is 50.7 Å². The Kier molecular flexibility index (Phi) is 40.8. The second-order valence-corrected chi connectivity index (χ2v) is 41.6. The highest BCUT2D eigenvalue weighted by atomic mass is 32.2. The monoisotopic (exact) mass is 1760 g/mol. The molecule has 5 heterocycles. The van der Waals surface area contributed by atoms with Gasteiger partial charge in [0.25, 0.3) is 0 Å². The summed E-state index contributed by atoms with van der Waals surface area (Å²) < 4.78 is 10.1. The van der Waals surface area contributed by atoms with Crippen LogP contribution in [0.3, 0.4) is 0 Å². The number of hydrogen-bond donors (Lipinski definition) is 0. The van der Waals surface area contributed by atoms with E-state index in [1.807, 2.05) is 68.8 Å². The van der Waals surface area contributed by atoms with Crippen LogP contribution in [0.4, 0.5) is 5.69 Å². The molecule has 1 aliphatic carbocycles. The van der Waals surface area contributed by atoms with Crippen molar-refractivity contribution in [2.24, 2.45) is 4.99 Å². The average Bonchev–Trinajstić information content (AvgIpc) is 1.19. The number of anilines is 1. The lowest BCUT2D eigenvalue weighted by molar-refractivity contribution is 0.103. The van der Waals surface area contributed by atoms with Crippen molar-refractivity contribution in [1.82, 2.24) is 19.6 Å². The first-order valence-corrected chi connectivity index (χ1v) is 50.3. The zero-order valence-electron chi connectivity index (χ0n) is 77.3. The Morgan fingerprint density at radius 3 is 0.960 bits per heavy atom. The number of piperidine rings is 4. The number of rotatable bonds is 16. The van der Waals surface area contributed by atoms with Crippen molar-refractivity contribution in [3.63, 3.8) is 0 Å². The average molecular weight is 1760 g/mol. The Bertz CT molecular complexity index is 4710. The topological polar surface area (TPSA) is 47.0 Å². The lowest BCUT2D eigenvalue weighted by atomic mass is 9.84. The van der Waals surface area contributed by atoms with E-state index in [1.54, 1.807) is 14.2 Å². The van der Waals surface area contributed by atoms with Crippen LogP contribution >= 0.6 is 0 Å². The third-order valence-electron chi connectivity index (χ3n) is 24.2. The maximum absolute atomic E-state index is 5.08. The summed E-state index contributed by atoms with van der Waals surface area (Å²) in [5.74, 6) is 2.56. The molecule has 12 aromatic rings. The second kappa shape index (κ2) is 52.8. The van der Waals surface area contributed by atoms with E-state index >= 15 is 0 Å². The van der Waals surface area contributed by atoms with Crippen molar-refractivity contribution < 1.29 is 9.47 Å². The molecule has 0 aromatic heterocycles. The number of ether oxygens (including phenoxy) is 2. The van der Waals surface area contributed by atoms with Gasteiger partial charge in [-0.05, 0) is 355 Å². The van der Waals surface area contributed by atoms with Crippen LogP contribution in [0, 0.1) is 13.8 Å². The number of allylic oxidation sites excluding steroid dienone is 1. The summed E-state index contributed by atoms with van der Waals surface area (Å²) >= 11 is 3.46. The summed E-state index contributed by atoms with van der Waals surface area (Å²) in [5, 5.41) is 0. The maximum atomic E-state index is 5.08. The SMILES string of the molecule is CC(C)(C)c1ccc([SH2+])cc1.CN1CCC(N2CCCCC2)CC1.CN1CCC(N2CCCCC2)CC1.COc1ccc(C2=NC=CC2)cc1.COc1ccc(N(C)C)cc1.Cc1ccc([S+](c2ccccc2)c2ccccc2)cc1.Cc1ccc([S+](c2ccccc2)c2ccccc2)cc1.c1ccc([S+](c2ccccc2)c2ccc(C3CCCCC3)cc2)cc1. The number of nitrogens with zero attached hydrogens (tertiary/aromatic N) is 6. The lowest BCUT2D eigenvalue weighted by Gasteiger charge is -2.39. The minimum atomic E-state index is -0.0278. The molecule has 18 rings (SSSR count). The summed E-state index contributed by atoms with van der Waals surface area (Å²) in [7, 11) is 11.8. The van der Waals surface area contributed by atoms with Gasteiger partial charge in [0.1, 0.15) is 16.4 Å². The van der Waals surface area contributed by atoms with E-state index in [0.29, 0.717) is 0 Å². The summed E-state index contributed by atoms with van der Waals surface area (Å²) in [4.78, 5) is 30.2. The molecule has 126 heavy (non-hydrogen) atoms. The third kappa shape index (κ3) is 31.9. The van der Waals surface area contributed by atoms with Gasteiger partial charge in [-0.3, -0.25) is 4.99 Å². The quantitative estimate of drug-likeness (QED) is 0.0894. The molecule has 0 unspecified atom stereocenters. The van der Waals surface area contributed by atoms with Gasteiger partial charge in [-0.1, -0.05) is 228 Å². The van der Waals surface area contributed by atoms with Crippen LogP contribution in [0.2, 0.25) is 0 Å². The van der Waals surface area contributed by atoms with Crippen LogP contribution in [0.25, 0.3) is 0 Å². The van der Waals surface area contributed by atoms with Gasteiger partial charge in [-0.15, -0.1) is 0 Å². The summed E-state index contributed by atoms with van der Waals surface area (Å²) in [6.45, 7) is 21.6. The molecule has 1 saturated carbocycles. The fraction of sp³-hybridized carbons (Fsp3) is 0.342. The van der Waals surface area contributed by atoms with E-state index in [2.05, 4.69) is 376 Å². The number of aryl methyl sites for hydroxylation is 2. The van der Waals surface area contributed by atoms with Crippen LogP contribution in [-0.4, -0.2) is 132 Å². The predicted octanol–water partition coefficient (Wildman–Crippen LogP) is 26.7. The van der Waals surface area contributed by atoms with E-state index in [4.69, 9.17) is 9.47 Å². The van der Waals surface area contributed by atoms with Gasteiger partial charge in [-0.25, -0.2) is 0 Å². The predicted molar refractivity (Wildman–Crippen MR) is 546 cm³/mol. The van der Waals surface area contributed by atoms with E-state index in [0.717, 1.165) is 46.5 Å². The fourth-order valence-electron chi connectivity index (χ4n) is 16.7. The molecule has 5 aliphatic heterocycles. The Morgan fingerprint density at radius 2 is 0.659 bits per heavy atom. The normalized spacial score (nSPS) is 15.8. The van der Waals surface area contributed by atoms with Crippen molar-refractivity contribution in [3.05, 3.63) is 368 Å². The van der Waals surface area contributed by atoms with Gasteiger partial charge < -0.3 is 34.0 Å². The number of likely N-dealkylation sites (tertiary alicyclic amines) is 4. The molecule has 0 amide bonds. The van der Waals surface area contributed by atoms with Crippen LogP contribution in [0.5, 0.6) is 11.5 Å². The van der Waals surface area contributed by atoms with Crippen LogP contribution in [0.15, 0.2) is 394 Å². The third-order valence-corrected chi connectivity index (χ3v) is 31.2. The Hall–Kier alpha value is -9.31. The zero-order valence-corrected chi connectivity index (χ0v) is 80.7. The minimum absolute atomic E-state index is 0.0229. The molecule has 4 saturated heterocycles. The van der Waals surface area contributed by atoms with Gasteiger partial charge in [0, 0.05) is 44.5 Å². The molecule has 6 aliphatic rings. The summed E-state index contributed by atoms with van der Waals surface area (Å²) in [5.41, 5.74) is 9.27. The van der Waals surface area contributed by atoms with Crippen LogP contribution < -0.4 is 14.4 Å². The number of benzene rings is 12. The first-order chi connectivity index (χ1) is 61.5. The smallest absolute Gasteiger partial charge is 0.166 e. The Labute approximate surface area is 773 Å². The number of methoxy groups -OCH3 is 2. The largest absolute Gasteiger partial charge is 0.497 e. The first kappa shape index (κ1) is 97.3. The van der Waals surface area contributed by atoms with Crippen LogP contribution in [0.1, 0.15) is 157 Å². The molecular weight excluding hydrogens is 1610 g/mol. The first-order valence-electron chi connectivity index (χ1n) is 46.1. The number of aliphatic imine (C=N–C) groups is 1. The molecule has 0 radical (unpaired) electrons. The van der Waals surface area contributed by atoms with E-state index in [1.165, 1.54) is 226 Å². The van der Waals surface area contributed by atoms with E-state index < -0.39 is 0 Å². The molecular formula is C114H142N6O2S4+4. The van der Waals surface area contributed by atoms with Gasteiger partial charge in [0.15, 0.2) is 44.1 Å². The zero-order chi connectivity index (χ0) is 88.5. The molecule has 12 aromatic carbocycles. The highest BCUT2D eigenvalue weighted by molar-refractivity contribution is 7.97. The van der Waals surface area contributed by atoms with Gasteiger partial charge in [0.2, 0.25) is 0 Å². The van der Waals surface area contributed by atoms with Gasteiger partial charge >= 0.3 is 0 Å². The molecule has 0 bridgehead atoms. The minimum Gasteiger partial charge on any atom is -0.497 e. The van der Waals surface area contributed by atoms with Gasteiger partial charge in [-0.2, -0.15) is 0 Å². The highest BCUT2D eigenvalue weighted by Gasteiger charge is 2.32. The van der Waals surface area contributed by atoms with Crippen molar-refractivity contribution in [3.8, 4) is 11.5 Å².